The quantitative estimate of drug-likeness (QED) is 0.167. The van der Waals surface area contributed by atoms with E-state index in [2.05, 4.69) is 252 Å². The molecule has 0 fully saturated rings. The first kappa shape index (κ1) is 45.9. The van der Waals surface area contributed by atoms with Crippen molar-refractivity contribution in [3.05, 3.63) is 204 Å². The molecule has 5 nitrogen and oxygen atoms in total. The lowest BCUT2D eigenvalue weighted by Crippen LogP contribution is -2.15. The highest BCUT2D eigenvalue weighted by atomic mass is 16.5. The van der Waals surface area contributed by atoms with Crippen LogP contribution in [0.3, 0.4) is 0 Å². The van der Waals surface area contributed by atoms with Gasteiger partial charge in [0.15, 0.2) is 0 Å². The van der Waals surface area contributed by atoms with Gasteiger partial charge in [-0.15, -0.1) is 0 Å². The normalized spacial score (nSPS) is 13.4. The van der Waals surface area contributed by atoms with Crippen LogP contribution in [0.2, 0.25) is 0 Å². The fourth-order valence-corrected chi connectivity index (χ4v) is 11.3. The molecule has 3 aromatic heterocycles. The Balaban J connectivity index is 1.08. The molecule has 5 heteroatoms. The first-order valence-electron chi connectivity index (χ1n) is 26.7. The number of para-hydroxylation sites is 3. The molecule has 368 valence electrons. The van der Waals surface area contributed by atoms with Crippen LogP contribution in [0, 0.1) is 0 Å². The minimum Gasteiger partial charge on any atom is -0.457 e. The first-order chi connectivity index (χ1) is 35.7. The van der Waals surface area contributed by atoms with Crippen molar-refractivity contribution < 1.29 is 6.11 Å². The van der Waals surface area contributed by atoms with Crippen LogP contribution in [0.25, 0.3) is 82.1 Å². The molecule has 1 aliphatic rings. The monoisotopic (exact) mass is 968 g/mol. The summed E-state index contributed by atoms with van der Waals surface area (Å²) in [7, 11) is 0. The predicted octanol–water partition coefficient (Wildman–Crippen LogP) is 19.3. The molecule has 11 aromatic rings. The van der Waals surface area contributed by atoms with Gasteiger partial charge in [0.25, 0.3) is 0 Å². The molecule has 0 spiro atoms. The highest BCUT2D eigenvalue weighted by Crippen LogP contribution is 2.46. The van der Waals surface area contributed by atoms with E-state index < -0.39 is 5.89 Å². The number of hydrogen-bond donors (Lipinski definition) is 0. The van der Waals surface area contributed by atoms with Crippen LogP contribution in [0.5, 0.6) is 11.5 Å². The lowest BCUT2D eigenvalue weighted by molar-refractivity contribution is 0.483. The summed E-state index contributed by atoms with van der Waals surface area (Å²) in [5, 5.41) is 9.48. The van der Waals surface area contributed by atoms with Crippen molar-refractivity contribution in [3.63, 3.8) is 0 Å². The van der Waals surface area contributed by atoms with Crippen LogP contribution in [0.15, 0.2) is 182 Å². The second-order valence-electron chi connectivity index (χ2n) is 23.8. The van der Waals surface area contributed by atoms with Crippen LogP contribution in [0.4, 0.5) is 11.4 Å². The van der Waals surface area contributed by atoms with Crippen molar-refractivity contribution in [3.8, 4) is 28.4 Å². The van der Waals surface area contributed by atoms with E-state index in [0.29, 0.717) is 6.67 Å². The zero-order valence-electron chi connectivity index (χ0n) is 45.7. The third kappa shape index (κ3) is 8.05. The third-order valence-corrected chi connectivity index (χ3v) is 15.4. The van der Waals surface area contributed by atoms with Gasteiger partial charge in [0.05, 0.1) is 27.8 Å². The van der Waals surface area contributed by atoms with Gasteiger partial charge in [0.2, 0.25) is 0 Å². The molecule has 0 unspecified atom stereocenters. The maximum absolute atomic E-state index is 9.36. The summed E-state index contributed by atoms with van der Waals surface area (Å²) < 4.78 is 21.1. The summed E-state index contributed by atoms with van der Waals surface area (Å²) in [5.41, 5.74) is 13.3. The number of benzene rings is 8. The molecule has 0 saturated carbocycles. The number of pyridine rings is 1. The van der Waals surface area contributed by atoms with Crippen LogP contribution in [-0.4, -0.2) is 14.1 Å². The van der Waals surface area contributed by atoms with Crippen molar-refractivity contribution in [2.45, 2.75) is 105 Å². The summed E-state index contributed by atoms with van der Waals surface area (Å²) in [6, 6.07) is 64.5. The second-order valence-corrected chi connectivity index (χ2v) is 23.8. The zero-order chi connectivity index (χ0) is 52.3. The van der Waals surface area contributed by atoms with Gasteiger partial charge in [-0.3, -0.25) is 4.57 Å². The lowest BCUT2D eigenvalue weighted by Gasteiger charge is -2.24. The molecule has 74 heavy (non-hydrogen) atoms. The van der Waals surface area contributed by atoms with Crippen molar-refractivity contribution in [2.24, 2.45) is 0 Å². The van der Waals surface area contributed by atoms with E-state index in [1.54, 1.807) is 0 Å². The molecular formula is C69H66N4O. The van der Waals surface area contributed by atoms with E-state index in [9.17, 15) is 1.37 Å². The molecule has 0 saturated heterocycles. The smallest absolute Gasteiger partial charge is 0.137 e. The molecule has 4 heterocycles. The fourth-order valence-electron chi connectivity index (χ4n) is 11.3. The van der Waals surface area contributed by atoms with Crippen molar-refractivity contribution in [2.75, 3.05) is 4.90 Å². The number of hydrogen-bond acceptors (Lipinski definition) is 3. The van der Waals surface area contributed by atoms with Gasteiger partial charge in [0, 0.05) is 52.5 Å². The predicted molar refractivity (Wildman–Crippen MR) is 315 cm³/mol. The average molecular weight is 968 g/mol. The Morgan fingerprint density at radius 1 is 0.486 bits per heavy atom. The Hall–Kier alpha value is -7.89. The largest absolute Gasteiger partial charge is 0.457 e. The molecule has 0 amide bonds. The van der Waals surface area contributed by atoms with Crippen LogP contribution >= 0.6 is 0 Å². The topological polar surface area (TPSA) is 35.2 Å². The molecule has 1 aliphatic heterocycles. The molecule has 12 rings (SSSR count). The Morgan fingerprint density at radius 3 is 1.84 bits per heavy atom. The van der Waals surface area contributed by atoms with E-state index in [4.69, 9.17) is 9.72 Å². The van der Waals surface area contributed by atoms with Crippen molar-refractivity contribution in [1.82, 2.24) is 14.1 Å². The lowest BCUT2D eigenvalue weighted by atomic mass is 9.82. The van der Waals surface area contributed by atoms with Gasteiger partial charge < -0.3 is 14.2 Å². The Kier molecular flexibility index (Phi) is 10.8. The average Bonchev–Trinajstić information content (AvgIpc) is 3.96. The number of nitrogens with zero attached hydrogens (tertiary/aromatic N) is 4. The van der Waals surface area contributed by atoms with E-state index >= 15 is 0 Å². The molecule has 8 aromatic carbocycles. The van der Waals surface area contributed by atoms with Gasteiger partial charge in [-0.2, -0.15) is 0 Å². The van der Waals surface area contributed by atoms with Gasteiger partial charge >= 0.3 is 0 Å². The van der Waals surface area contributed by atoms with Crippen molar-refractivity contribution >= 4 is 76.5 Å². The maximum Gasteiger partial charge on any atom is 0.137 e. The van der Waals surface area contributed by atoms with Crippen LogP contribution in [0.1, 0.15) is 106 Å². The first-order valence-corrected chi connectivity index (χ1v) is 26.2. The third-order valence-electron chi connectivity index (χ3n) is 15.4. The number of rotatable bonds is 6. The standard InChI is InChI=1S/C69H66N4O/c1-43(2)44-35-45(37-48(36-44)69(9,10)11)52-24-17-25-59-60-38-46(67(3,4)5)29-31-55(60)53-21-12-13-22-54(53)58-26-18-28-62-66(58)72(65(52)59)42-71(62)49-19-16-20-50(40-49)74-51-30-32-57-56-23-14-15-27-61(56)73(63(57)41-51)64-39-47(33-34-70-64)68(6,7)8/h12-41,43H,42H2,1-11H3/i43D. The van der Waals surface area contributed by atoms with E-state index in [0.717, 1.165) is 72.8 Å². The van der Waals surface area contributed by atoms with E-state index in [1.807, 2.05) is 20.0 Å². The molecular weight excluding hydrogens is 901 g/mol. The summed E-state index contributed by atoms with van der Waals surface area (Å²) in [5.74, 6) is 1.58. The van der Waals surface area contributed by atoms with Crippen molar-refractivity contribution in [1.29, 1.82) is 0 Å². The van der Waals surface area contributed by atoms with Crippen LogP contribution < -0.4 is 9.64 Å². The number of aromatic nitrogens is 3. The number of ether oxygens (including phenoxy) is 1. The summed E-state index contributed by atoms with van der Waals surface area (Å²) in [6.07, 6.45) is 1.93. The molecule has 0 N–H and O–H groups in total. The Labute approximate surface area is 437 Å². The minimum absolute atomic E-state index is 0.0284. The second kappa shape index (κ2) is 17.4. The van der Waals surface area contributed by atoms with Gasteiger partial charge in [0.1, 0.15) is 24.0 Å². The Morgan fingerprint density at radius 2 is 1.09 bits per heavy atom. The highest BCUT2D eigenvalue weighted by Gasteiger charge is 2.27. The van der Waals surface area contributed by atoms with E-state index in [1.165, 1.54) is 54.4 Å². The van der Waals surface area contributed by atoms with Crippen LogP contribution in [-0.2, 0) is 22.9 Å². The molecule has 0 aliphatic carbocycles. The number of fused-ring (bicyclic) bond motifs is 10. The zero-order valence-corrected chi connectivity index (χ0v) is 44.7. The summed E-state index contributed by atoms with van der Waals surface area (Å²) in [6.45, 7) is 25.0. The molecule has 0 radical (unpaired) electrons. The summed E-state index contributed by atoms with van der Waals surface area (Å²) >= 11 is 0. The highest BCUT2D eigenvalue weighted by molar-refractivity contribution is 6.22. The SMILES string of the molecule is [2H]C(C)(C)c1cc(-c2cccc3c4cc(C(C)(C)C)ccc4c4ccccc4c4cccc5c4n(c23)CN5c2cccc(Oc3ccc4c5ccccc5n(-c5cc(C(C)(C)C)ccn5)c4c3)c2)cc(C(C)(C)C)c1. The number of anilines is 2. The summed E-state index contributed by atoms with van der Waals surface area (Å²) in [4.78, 5) is 7.38. The maximum atomic E-state index is 9.36. The van der Waals surface area contributed by atoms with Gasteiger partial charge in [-0.25, -0.2) is 4.98 Å². The van der Waals surface area contributed by atoms with Gasteiger partial charge in [-0.05, 0) is 126 Å². The molecule has 0 bridgehead atoms. The van der Waals surface area contributed by atoms with Gasteiger partial charge in [-0.1, -0.05) is 185 Å². The molecule has 0 atom stereocenters. The van der Waals surface area contributed by atoms with E-state index in [-0.39, 0.29) is 16.2 Å². The minimum atomic E-state index is -0.802. The Bertz CT molecular complexity index is 4150. The fraction of sp³-hybridized carbons (Fsp3) is 0.232.